The van der Waals surface area contributed by atoms with Crippen LogP contribution in [0.25, 0.3) is 16.2 Å². The van der Waals surface area contributed by atoms with Crippen molar-refractivity contribution in [3.8, 4) is 11.3 Å². The van der Waals surface area contributed by atoms with Crippen LogP contribution in [0, 0.1) is 13.8 Å². The maximum Gasteiger partial charge on any atom is 0.250 e. The van der Waals surface area contributed by atoms with Gasteiger partial charge >= 0.3 is 0 Å². The first-order valence-electron chi connectivity index (χ1n) is 9.52. The Balaban J connectivity index is 1.44. The first-order chi connectivity index (χ1) is 14.8. The number of anilines is 1. The van der Waals surface area contributed by atoms with Crippen LogP contribution in [0.1, 0.15) is 34.3 Å². The fourth-order valence-electron chi connectivity index (χ4n) is 3.09. The highest BCUT2D eigenvalue weighted by atomic mass is 35.5. The number of hydrogen-bond acceptors (Lipinski definition) is 5. The number of Topliss-reactive ketones (excluding diaryl/α,β-unsaturated/α-hetero) is 1. The van der Waals surface area contributed by atoms with Gasteiger partial charge in [0.2, 0.25) is 16.8 Å². The van der Waals surface area contributed by atoms with Crippen LogP contribution < -0.4 is 5.32 Å². The van der Waals surface area contributed by atoms with E-state index in [1.807, 2.05) is 37.4 Å². The van der Waals surface area contributed by atoms with E-state index < -0.39 is 0 Å². The lowest BCUT2D eigenvalue weighted by atomic mass is 10.0. The van der Waals surface area contributed by atoms with Gasteiger partial charge in [0, 0.05) is 34.4 Å². The van der Waals surface area contributed by atoms with Crippen LogP contribution in [0.3, 0.4) is 0 Å². The molecule has 0 fully saturated rings. The van der Waals surface area contributed by atoms with E-state index in [4.69, 9.17) is 23.2 Å². The summed E-state index contributed by atoms with van der Waals surface area (Å²) in [6, 6.07) is 10.8. The molecule has 1 N–H and O–H groups in total. The number of aromatic nitrogens is 3. The maximum absolute atomic E-state index is 12.4. The first kappa shape index (κ1) is 21.5. The van der Waals surface area contributed by atoms with Gasteiger partial charge in [-0.1, -0.05) is 35.3 Å². The Morgan fingerprint density at radius 2 is 1.87 bits per heavy atom. The number of nitrogens with zero attached hydrogens (tertiary/aromatic N) is 3. The van der Waals surface area contributed by atoms with Gasteiger partial charge in [-0.2, -0.15) is 4.98 Å². The second-order valence-corrected chi connectivity index (χ2v) is 8.83. The third-order valence-electron chi connectivity index (χ3n) is 4.95. The summed E-state index contributed by atoms with van der Waals surface area (Å²) in [4.78, 5) is 29.7. The van der Waals surface area contributed by atoms with Crippen molar-refractivity contribution in [2.75, 3.05) is 5.32 Å². The van der Waals surface area contributed by atoms with Crippen LogP contribution in [0.5, 0.6) is 0 Å². The molecule has 6 nitrogen and oxygen atoms in total. The van der Waals surface area contributed by atoms with E-state index >= 15 is 0 Å². The van der Waals surface area contributed by atoms with E-state index in [-0.39, 0.29) is 30.5 Å². The molecular formula is C22H18Cl2N4O2S. The van der Waals surface area contributed by atoms with Crippen molar-refractivity contribution in [1.29, 1.82) is 0 Å². The Labute approximate surface area is 192 Å². The lowest BCUT2D eigenvalue weighted by Gasteiger charge is -2.05. The summed E-state index contributed by atoms with van der Waals surface area (Å²) >= 11 is 13.7. The summed E-state index contributed by atoms with van der Waals surface area (Å²) in [7, 11) is 0. The zero-order valence-electron chi connectivity index (χ0n) is 16.8. The van der Waals surface area contributed by atoms with Gasteiger partial charge in [-0.25, -0.2) is 4.52 Å². The molecule has 0 radical (unpaired) electrons. The zero-order chi connectivity index (χ0) is 22.1. The second-order valence-electron chi connectivity index (χ2n) is 7.15. The predicted octanol–water partition coefficient (Wildman–Crippen LogP) is 5.98. The molecule has 0 atom stereocenters. The molecule has 0 saturated carbocycles. The molecule has 158 valence electrons. The molecule has 0 spiro atoms. The number of carbonyl (C=O) groups excluding carboxylic acids is 2. The molecule has 4 aromatic rings. The normalized spacial score (nSPS) is 11.1. The average molecular weight is 473 g/mol. The van der Waals surface area contributed by atoms with Crippen LogP contribution in [-0.2, 0) is 4.79 Å². The summed E-state index contributed by atoms with van der Waals surface area (Å²) in [5, 5.41) is 9.96. The number of nitrogens with one attached hydrogen (secondary N) is 1. The van der Waals surface area contributed by atoms with Crippen molar-refractivity contribution in [1.82, 2.24) is 14.6 Å². The number of ketones is 1. The van der Waals surface area contributed by atoms with E-state index in [1.54, 1.807) is 22.7 Å². The highest BCUT2D eigenvalue weighted by Gasteiger charge is 2.16. The van der Waals surface area contributed by atoms with Gasteiger partial charge in [0.1, 0.15) is 0 Å². The van der Waals surface area contributed by atoms with E-state index in [1.165, 1.54) is 11.3 Å². The van der Waals surface area contributed by atoms with Gasteiger partial charge in [-0.3, -0.25) is 14.9 Å². The van der Waals surface area contributed by atoms with E-state index in [9.17, 15) is 9.59 Å². The van der Waals surface area contributed by atoms with Crippen molar-refractivity contribution < 1.29 is 9.59 Å². The molecule has 0 aliphatic rings. The maximum atomic E-state index is 12.4. The third-order valence-corrected chi connectivity index (χ3v) is 6.31. The summed E-state index contributed by atoms with van der Waals surface area (Å²) < 4.78 is 1.62. The van der Waals surface area contributed by atoms with Crippen LogP contribution in [0.4, 0.5) is 5.95 Å². The molecule has 0 saturated heterocycles. The van der Waals surface area contributed by atoms with Gasteiger partial charge in [0.05, 0.1) is 10.7 Å². The molecule has 1 amide bonds. The Bertz CT molecular complexity index is 1310. The van der Waals surface area contributed by atoms with Gasteiger partial charge in [0.15, 0.2) is 5.78 Å². The van der Waals surface area contributed by atoms with Crippen LogP contribution >= 0.6 is 34.5 Å². The summed E-state index contributed by atoms with van der Waals surface area (Å²) in [5.41, 5.74) is 4.30. The van der Waals surface area contributed by atoms with Crippen LogP contribution in [0.2, 0.25) is 10.0 Å². The summed E-state index contributed by atoms with van der Waals surface area (Å²) in [6.07, 6.45) is 0.163. The number of thiazole rings is 1. The number of hydrogen-bond donors (Lipinski definition) is 1. The predicted molar refractivity (Wildman–Crippen MR) is 124 cm³/mol. The number of carbonyl (C=O) groups is 2. The van der Waals surface area contributed by atoms with Crippen LogP contribution in [-0.4, -0.2) is 26.3 Å². The monoisotopic (exact) mass is 472 g/mol. The second kappa shape index (κ2) is 8.78. The number of aryl methyl sites for hydroxylation is 2. The molecule has 0 unspecified atom stereocenters. The smallest absolute Gasteiger partial charge is 0.250 e. The van der Waals surface area contributed by atoms with E-state index in [2.05, 4.69) is 15.4 Å². The summed E-state index contributed by atoms with van der Waals surface area (Å²) in [6.45, 7) is 3.95. The minimum Gasteiger partial charge on any atom is -0.294 e. The van der Waals surface area contributed by atoms with Gasteiger partial charge < -0.3 is 0 Å². The number of amides is 1. The molecule has 4 rings (SSSR count). The minimum atomic E-state index is -0.318. The SMILES string of the molecule is Cc1ccc(C(=O)CCC(=O)Nc2nc3scc(-c4ccc(Cl)cc4Cl)n3n2)cc1C. The molecule has 2 heterocycles. The van der Waals surface area contributed by atoms with Crippen molar-refractivity contribution >= 4 is 57.1 Å². The molecule has 9 heteroatoms. The lowest BCUT2D eigenvalue weighted by Crippen LogP contribution is -2.14. The molecule has 2 aromatic heterocycles. The first-order valence-corrected chi connectivity index (χ1v) is 11.2. The minimum absolute atomic E-state index is 0.0501. The van der Waals surface area contributed by atoms with Gasteiger partial charge in [0.25, 0.3) is 0 Å². The lowest BCUT2D eigenvalue weighted by molar-refractivity contribution is -0.116. The quantitative estimate of drug-likeness (QED) is 0.350. The van der Waals surface area contributed by atoms with E-state index in [0.29, 0.717) is 20.6 Å². The van der Waals surface area contributed by atoms with Gasteiger partial charge in [-0.05, 0) is 49.2 Å². The number of halogens is 2. The Morgan fingerprint density at radius 1 is 1.06 bits per heavy atom. The van der Waals surface area contributed by atoms with Gasteiger partial charge in [-0.15, -0.1) is 16.4 Å². The molecule has 0 aliphatic carbocycles. The standard InChI is InChI=1S/C22H18Cl2N4O2S/c1-12-3-4-14(9-13(12)2)19(29)7-8-20(30)25-21-26-22-28(27-21)18(11-31-22)16-6-5-15(23)10-17(16)24/h3-6,9-11H,7-8H2,1-2H3,(H,25,27,30). The van der Waals surface area contributed by atoms with Crippen molar-refractivity contribution in [3.05, 3.63) is 68.5 Å². The van der Waals surface area contributed by atoms with Crippen molar-refractivity contribution in [2.24, 2.45) is 0 Å². The third kappa shape index (κ3) is 4.63. The Kier molecular flexibility index (Phi) is 6.09. The summed E-state index contributed by atoms with van der Waals surface area (Å²) in [5.74, 6) is -0.208. The Morgan fingerprint density at radius 3 is 2.61 bits per heavy atom. The molecular weight excluding hydrogens is 455 g/mol. The topological polar surface area (TPSA) is 76.4 Å². The molecule has 0 aliphatic heterocycles. The zero-order valence-corrected chi connectivity index (χ0v) is 19.1. The Hall–Kier alpha value is -2.74. The fourth-order valence-corrected chi connectivity index (χ4v) is 4.42. The number of benzene rings is 2. The largest absolute Gasteiger partial charge is 0.294 e. The van der Waals surface area contributed by atoms with Crippen molar-refractivity contribution in [3.63, 3.8) is 0 Å². The highest BCUT2D eigenvalue weighted by molar-refractivity contribution is 7.15. The molecule has 2 aromatic carbocycles. The number of rotatable bonds is 6. The fraction of sp³-hybridized carbons (Fsp3) is 0.182. The molecule has 0 bridgehead atoms. The van der Waals surface area contributed by atoms with E-state index in [0.717, 1.165) is 22.4 Å². The average Bonchev–Trinajstić information content (AvgIpc) is 3.29. The molecule has 31 heavy (non-hydrogen) atoms. The van der Waals surface area contributed by atoms with Crippen molar-refractivity contribution in [2.45, 2.75) is 26.7 Å². The highest BCUT2D eigenvalue weighted by Crippen LogP contribution is 2.33. The van der Waals surface area contributed by atoms with Crippen LogP contribution in [0.15, 0.2) is 41.8 Å². The number of fused-ring (bicyclic) bond motifs is 1.